The van der Waals surface area contributed by atoms with Crippen LogP contribution in [-0.4, -0.2) is 11.3 Å². The summed E-state index contributed by atoms with van der Waals surface area (Å²) < 4.78 is 37.3. The number of thioether (sulfide) groups is 1. The fourth-order valence-electron chi connectivity index (χ4n) is 1.18. The molecule has 0 saturated heterocycles. The highest BCUT2D eigenvalue weighted by atomic mass is 79.9. The standard InChI is InChI=1S/C10H8BrF3OS/c1-6(15)5-7-8(11)3-2-4-9(7)16-10(12,13)14/h2-4H,5H2,1H3. The van der Waals surface area contributed by atoms with Gasteiger partial charge in [0, 0.05) is 15.8 Å². The smallest absolute Gasteiger partial charge is 0.300 e. The number of ketones is 1. The molecule has 1 rings (SSSR count). The number of Topliss-reactive ketones (excluding diaryl/α,β-unsaturated/α-hetero) is 1. The minimum Gasteiger partial charge on any atom is -0.300 e. The fourth-order valence-corrected chi connectivity index (χ4v) is 2.52. The van der Waals surface area contributed by atoms with Gasteiger partial charge >= 0.3 is 5.51 Å². The molecule has 0 N–H and O–H groups in total. The van der Waals surface area contributed by atoms with Crippen LogP contribution < -0.4 is 0 Å². The van der Waals surface area contributed by atoms with Crippen molar-refractivity contribution < 1.29 is 18.0 Å². The molecule has 1 nitrogen and oxygen atoms in total. The van der Waals surface area contributed by atoms with Gasteiger partial charge in [-0.1, -0.05) is 22.0 Å². The molecule has 0 spiro atoms. The van der Waals surface area contributed by atoms with Crippen LogP contribution in [0, 0.1) is 0 Å². The highest BCUT2D eigenvalue weighted by Crippen LogP contribution is 2.40. The first-order valence-corrected chi connectivity index (χ1v) is 5.93. The van der Waals surface area contributed by atoms with E-state index in [9.17, 15) is 18.0 Å². The lowest BCUT2D eigenvalue weighted by Gasteiger charge is -2.11. The maximum atomic E-state index is 12.3. The molecule has 0 heterocycles. The van der Waals surface area contributed by atoms with Crippen molar-refractivity contribution in [3.63, 3.8) is 0 Å². The quantitative estimate of drug-likeness (QED) is 0.778. The Labute approximate surface area is 104 Å². The molecule has 0 aliphatic rings. The molecule has 0 unspecified atom stereocenters. The largest absolute Gasteiger partial charge is 0.446 e. The Hall–Kier alpha value is -0.490. The van der Waals surface area contributed by atoms with Gasteiger partial charge in [-0.25, -0.2) is 0 Å². The van der Waals surface area contributed by atoms with Crippen LogP contribution in [0.3, 0.4) is 0 Å². The van der Waals surface area contributed by atoms with E-state index in [1.54, 1.807) is 6.07 Å². The molecule has 0 fully saturated rings. The lowest BCUT2D eigenvalue weighted by atomic mass is 10.1. The van der Waals surface area contributed by atoms with Gasteiger partial charge in [-0.05, 0) is 36.4 Å². The molecule has 0 aliphatic carbocycles. The summed E-state index contributed by atoms with van der Waals surface area (Å²) in [6.45, 7) is 1.35. The first-order valence-electron chi connectivity index (χ1n) is 4.32. The molecular formula is C10H8BrF3OS. The average Bonchev–Trinajstić information content (AvgIpc) is 2.08. The molecular weight excluding hydrogens is 305 g/mol. The first-order chi connectivity index (χ1) is 7.29. The molecule has 16 heavy (non-hydrogen) atoms. The van der Waals surface area contributed by atoms with Gasteiger partial charge in [-0.2, -0.15) is 13.2 Å². The van der Waals surface area contributed by atoms with Crippen molar-refractivity contribution in [2.45, 2.75) is 23.7 Å². The van der Waals surface area contributed by atoms with Crippen molar-refractivity contribution >= 4 is 33.5 Å². The van der Waals surface area contributed by atoms with E-state index in [4.69, 9.17) is 0 Å². The molecule has 0 aliphatic heterocycles. The number of hydrogen-bond donors (Lipinski definition) is 0. The first kappa shape index (κ1) is 13.6. The maximum Gasteiger partial charge on any atom is 0.446 e. The zero-order valence-corrected chi connectivity index (χ0v) is 10.7. The van der Waals surface area contributed by atoms with E-state index in [1.165, 1.54) is 19.1 Å². The number of rotatable bonds is 3. The zero-order chi connectivity index (χ0) is 12.3. The zero-order valence-electron chi connectivity index (χ0n) is 8.27. The Morgan fingerprint density at radius 2 is 2.06 bits per heavy atom. The molecule has 6 heteroatoms. The predicted octanol–water partition coefficient (Wildman–Crippen LogP) is 4.19. The lowest BCUT2D eigenvalue weighted by molar-refractivity contribution is -0.116. The monoisotopic (exact) mass is 312 g/mol. The van der Waals surface area contributed by atoms with Gasteiger partial charge in [0.1, 0.15) is 5.78 Å². The van der Waals surface area contributed by atoms with Crippen LogP contribution in [0.5, 0.6) is 0 Å². The SMILES string of the molecule is CC(=O)Cc1c(Br)cccc1SC(F)(F)F. The third-order valence-corrected chi connectivity index (χ3v) is 3.30. The second-order valence-corrected chi connectivity index (χ2v) is 5.10. The Morgan fingerprint density at radius 3 is 2.56 bits per heavy atom. The fraction of sp³-hybridized carbons (Fsp3) is 0.300. The van der Waals surface area contributed by atoms with Gasteiger partial charge in [0.05, 0.1) is 0 Å². The number of benzene rings is 1. The topological polar surface area (TPSA) is 17.1 Å². The molecule has 0 saturated carbocycles. The highest BCUT2D eigenvalue weighted by molar-refractivity contribution is 9.10. The summed E-state index contributed by atoms with van der Waals surface area (Å²) in [5.41, 5.74) is -3.95. The summed E-state index contributed by atoms with van der Waals surface area (Å²) >= 11 is 2.95. The Balaban J connectivity index is 3.07. The van der Waals surface area contributed by atoms with E-state index in [2.05, 4.69) is 15.9 Å². The van der Waals surface area contributed by atoms with Crippen molar-refractivity contribution in [3.05, 3.63) is 28.2 Å². The van der Waals surface area contributed by atoms with Crippen molar-refractivity contribution in [1.29, 1.82) is 0 Å². The van der Waals surface area contributed by atoms with Crippen LogP contribution in [0.2, 0.25) is 0 Å². The number of alkyl halides is 3. The molecule has 1 aromatic carbocycles. The van der Waals surface area contributed by atoms with Crippen molar-refractivity contribution in [1.82, 2.24) is 0 Å². The van der Waals surface area contributed by atoms with Crippen molar-refractivity contribution in [2.24, 2.45) is 0 Å². The molecule has 0 aromatic heterocycles. The maximum absolute atomic E-state index is 12.3. The molecule has 1 aromatic rings. The van der Waals surface area contributed by atoms with Gasteiger partial charge < -0.3 is 0 Å². The molecule has 88 valence electrons. The lowest BCUT2D eigenvalue weighted by Crippen LogP contribution is -2.04. The van der Waals surface area contributed by atoms with E-state index >= 15 is 0 Å². The van der Waals surface area contributed by atoms with Crippen molar-refractivity contribution in [2.75, 3.05) is 0 Å². The van der Waals surface area contributed by atoms with Gasteiger partial charge in [0.2, 0.25) is 0 Å². The summed E-state index contributed by atoms with van der Waals surface area (Å²) in [6.07, 6.45) is -0.000162. The summed E-state index contributed by atoms with van der Waals surface area (Å²) in [5.74, 6) is -0.170. The summed E-state index contributed by atoms with van der Waals surface area (Å²) in [4.78, 5) is 11.0. The number of halogens is 4. The molecule has 0 radical (unpaired) electrons. The molecule has 0 atom stereocenters. The molecule has 0 amide bonds. The van der Waals surface area contributed by atoms with E-state index in [-0.39, 0.29) is 28.9 Å². The van der Waals surface area contributed by atoms with Gasteiger partial charge in [-0.15, -0.1) is 0 Å². The van der Waals surface area contributed by atoms with E-state index in [0.717, 1.165) is 0 Å². The van der Waals surface area contributed by atoms with Gasteiger partial charge in [0.25, 0.3) is 0 Å². The van der Waals surface area contributed by atoms with Crippen LogP contribution in [-0.2, 0) is 11.2 Å². The van der Waals surface area contributed by atoms with Crippen LogP contribution in [0.15, 0.2) is 27.6 Å². The summed E-state index contributed by atoms with van der Waals surface area (Å²) in [5, 5.41) is 0. The van der Waals surface area contributed by atoms with Gasteiger partial charge in [0.15, 0.2) is 0 Å². The second-order valence-electron chi connectivity index (χ2n) is 3.14. The number of carbonyl (C=O) groups is 1. The number of hydrogen-bond acceptors (Lipinski definition) is 2. The predicted molar refractivity (Wildman–Crippen MR) is 60.4 cm³/mol. The summed E-state index contributed by atoms with van der Waals surface area (Å²) in [7, 11) is 0. The third-order valence-electron chi connectivity index (χ3n) is 1.73. The van der Waals surface area contributed by atoms with Crippen molar-refractivity contribution in [3.8, 4) is 0 Å². The van der Waals surface area contributed by atoms with E-state index < -0.39 is 5.51 Å². The van der Waals surface area contributed by atoms with Crippen LogP contribution in [0.1, 0.15) is 12.5 Å². The minimum absolute atomic E-state index is 0.000162. The highest BCUT2D eigenvalue weighted by Gasteiger charge is 2.30. The van der Waals surface area contributed by atoms with Crippen LogP contribution in [0.4, 0.5) is 13.2 Å². The normalized spacial score (nSPS) is 11.6. The molecule has 0 bridgehead atoms. The van der Waals surface area contributed by atoms with Crippen LogP contribution in [0.25, 0.3) is 0 Å². The van der Waals surface area contributed by atoms with Gasteiger partial charge in [-0.3, -0.25) is 4.79 Å². The summed E-state index contributed by atoms with van der Waals surface area (Å²) in [6, 6.07) is 4.50. The second kappa shape index (κ2) is 5.23. The van der Waals surface area contributed by atoms with E-state index in [0.29, 0.717) is 10.0 Å². The minimum atomic E-state index is -4.34. The average molecular weight is 313 g/mol. The third kappa shape index (κ3) is 4.17. The van der Waals surface area contributed by atoms with Crippen LogP contribution >= 0.6 is 27.7 Å². The van der Waals surface area contributed by atoms with E-state index in [1.807, 2.05) is 0 Å². The number of carbonyl (C=O) groups excluding carboxylic acids is 1. The Morgan fingerprint density at radius 1 is 1.44 bits per heavy atom. The Kier molecular flexibility index (Phi) is 4.43. The Bertz CT molecular complexity index is 404.